The molecule has 130 valence electrons. The molecule has 0 bridgehead atoms. The number of rotatable bonds is 5. The van der Waals surface area contributed by atoms with Crippen LogP contribution in [0.15, 0.2) is 41.3 Å². The normalized spacial score (nSPS) is 14.7. The molecule has 7 heteroatoms. The summed E-state index contributed by atoms with van der Waals surface area (Å²) in [6, 6.07) is 7.82. The van der Waals surface area contributed by atoms with Gasteiger partial charge in [0.2, 0.25) is 0 Å². The monoisotopic (exact) mass is 350 g/mol. The lowest BCUT2D eigenvalue weighted by Crippen LogP contribution is -2.28. The number of halogens is 1. The van der Waals surface area contributed by atoms with Crippen LogP contribution in [-0.2, 0) is 13.0 Å². The first kappa shape index (κ1) is 18.3. The number of carbonyl (C=O) groups excluding carboxylic acids is 1. The van der Waals surface area contributed by atoms with E-state index in [0.29, 0.717) is 12.3 Å². The first-order valence-electron chi connectivity index (χ1n) is 8.01. The molecule has 1 fully saturated rings. The van der Waals surface area contributed by atoms with E-state index in [-0.39, 0.29) is 18.4 Å². The van der Waals surface area contributed by atoms with Gasteiger partial charge in [-0.2, -0.15) is 0 Å². The van der Waals surface area contributed by atoms with Crippen molar-refractivity contribution < 1.29 is 9.21 Å². The third-order valence-electron chi connectivity index (χ3n) is 4.10. The van der Waals surface area contributed by atoms with E-state index in [2.05, 4.69) is 33.1 Å². The van der Waals surface area contributed by atoms with E-state index in [1.54, 1.807) is 6.20 Å². The Hall–Kier alpha value is -2.05. The van der Waals surface area contributed by atoms with Gasteiger partial charge in [0.15, 0.2) is 6.39 Å². The number of nitrogens with zero attached hydrogens (tertiary/aromatic N) is 1. The van der Waals surface area contributed by atoms with Crippen molar-refractivity contribution in [2.24, 2.45) is 5.92 Å². The second-order valence-corrected chi connectivity index (χ2v) is 5.87. The molecule has 24 heavy (non-hydrogen) atoms. The van der Waals surface area contributed by atoms with Crippen molar-refractivity contribution in [1.82, 2.24) is 15.6 Å². The van der Waals surface area contributed by atoms with E-state index in [0.717, 1.165) is 31.1 Å². The summed E-state index contributed by atoms with van der Waals surface area (Å²) >= 11 is 0. The zero-order chi connectivity index (χ0) is 15.9. The molecule has 1 aromatic heterocycles. The molecule has 0 spiro atoms. The van der Waals surface area contributed by atoms with Gasteiger partial charge in [-0.05, 0) is 56.0 Å². The molecule has 2 heterocycles. The fraction of sp³-hybridized carbons (Fsp3) is 0.412. The number of carbonyl (C=O) groups is 1. The fourth-order valence-corrected chi connectivity index (χ4v) is 2.82. The van der Waals surface area contributed by atoms with Crippen LogP contribution in [0.1, 0.15) is 24.2 Å². The molecule has 0 unspecified atom stereocenters. The smallest absolute Gasteiger partial charge is 0.319 e. The zero-order valence-corrected chi connectivity index (χ0v) is 14.3. The van der Waals surface area contributed by atoms with E-state index in [9.17, 15) is 4.79 Å². The minimum atomic E-state index is -0.257. The Morgan fingerprint density at radius 2 is 2.00 bits per heavy atom. The number of piperidine rings is 1. The van der Waals surface area contributed by atoms with Crippen LogP contribution in [0.25, 0.3) is 0 Å². The van der Waals surface area contributed by atoms with Crippen LogP contribution in [0.3, 0.4) is 0 Å². The summed E-state index contributed by atoms with van der Waals surface area (Å²) in [5, 5.41) is 8.92. The molecule has 2 aromatic rings. The molecule has 0 radical (unpaired) electrons. The number of urea groups is 1. The highest BCUT2D eigenvalue weighted by molar-refractivity contribution is 5.89. The van der Waals surface area contributed by atoms with Gasteiger partial charge in [-0.1, -0.05) is 12.1 Å². The molecule has 1 aliphatic heterocycles. The van der Waals surface area contributed by atoms with Gasteiger partial charge in [0, 0.05) is 5.69 Å². The number of aromatic nitrogens is 1. The lowest BCUT2D eigenvalue weighted by Gasteiger charge is -2.22. The first-order valence-corrected chi connectivity index (χ1v) is 8.01. The van der Waals surface area contributed by atoms with Gasteiger partial charge in [0.1, 0.15) is 5.76 Å². The molecule has 1 aliphatic rings. The van der Waals surface area contributed by atoms with Crippen LogP contribution in [0.5, 0.6) is 0 Å². The van der Waals surface area contributed by atoms with Gasteiger partial charge in [-0.3, -0.25) is 0 Å². The molecule has 2 amide bonds. The third kappa shape index (κ3) is 5.54. The Morgan fingerprint density at radius 3 is 2.67 bits per heavy atom. The SMILES string of the molecule is Cl.O=C(NCc1cnco1)Nc1ccc(CC2CCNCC2)cc1. The van der Waals surface area contributed by atoms with Crippen molar-refractivity contribution in [1.29, 1.82) is 0 Å². The van der Waals surface area contributed by atoms with E-state index < -0.39 is 0 Å². The Kier molecular flexibility index (Phi) is 7.08. The Bertz CT molecular complexity index is 610. The van der Waals surface area contributed by atoms with Gasteiger partial charge in [-0.15, -0.1) is 12.4 Å². The zero-order valence-electron chi connectivity index (χ0n) is 13.5. The molecular formula is C17H23ClN4O2. The standard InChI is InChI=1S/C17H22N4O2.ClH/c22-17(20-11-16-10-19-12-23-16)21-15-3-1-13(2-4-15)9-14-5-7-18-8-6-14;/h1-4,10,12,14,18H,5-9,11H2,(H2,20,21,22);1H. The van der Waals surface area contributed by atoms with E-state index in [4.69, 9.17) is 4.42 Å². The van der Waals surface area contributed by atoms with Gasteiger partial charge in [0.05, 0.1) is 12.7 Å². The predicted octanol–water partition coefficient (Wildman–Crippen LogP) is 2.96. The van der Waals surface area contributed by atoms with Gasteiger partial charge in [0.25, 0.3) is 0 Å². The minimum absolute atomic E-state index is 0. The van der Waals surface area contributed by atoms with Gasteiger partial charge in [-0.25, -0.2) is 9.78 Å². The van der Waals surface area contributed by atoms with Crippen LogP contribution >= 0.6 is 12.4 Å². The fourth-order valence-electron chi connectivity index (χ4n) is 2.82. The molecule has 1 aromatic carbocycles. The molecular weight excluding hydrogens is 328 g/mol. The van der Waals surface area contributed by atoms with E-state index in [1.165, 1.54) is 24.8 Å². The van der Waals surface area contributed by atoms with Crippen LogP contribution < -0.4 is 16.0 Å². The average Bonchev–Trinajstić information content (AvgIpc) is 3.09. The van der Waals surface area contributed by atoms with Crippen LogP contribution in [0.4, 0.5) is 10.5 Å². The number of hydrogen-bond donors (Lipinski definition) is 3. The number of amides is 2. The van der Waals surface area contributed by atoms with Gasteiger partial charge >= 0.3 is 6.03 Å². The largest absolute Gasteiger partial charge is 0.447 e. The lowest BCUT2D eigenvalue weighted by atomic mass is 9.91. The van der Waals surface area contributed by atoms with Crippen LogP contribution in [0, 0.1) is 5.92 Å². The minimum Gasteiger partial charge on any atom is -0.447 e. The molecule has 3 rings (SSSR count). The van der Waals surface area contributed by atoms with Crippen molar-refractivity contribution in [2.45, 2.75) is 25.8 Å². The molecule has 0 saturated carbocycles. The maximum Gasteiger partial charge on any atom is 0.319 e. The molecule has 0 atom stereocenters. The first-order chi connectivity index (χ1) is 11.3. The molecule has 1 saturated heterocycles. The highest BCUT2D eigenvalue weighted by Crippen LogP contribution is 2.19. The summed E-state index contributed by atoms with van der Waals surface area (Å²) in [7, 11) is 0. The second-order valence-electron chi connectivity index (χ2n) is 5.87. The predicted molar refractivity (Wildman–Crippen MR) is 95.3 cm³/mol. The maximum atomic E-state index is 11.8. The van der Waals surface area contributed by atoms with Crippen molar-refractivity contribution >= 4 is 24.1 Å². The average molecular weight is 351 g/mol. The van der Waals surface area contributed by atoms with E-state index in [1.807, 2.05) is 12.1 Å². The number of nitrogens with one attached hydrogen (secondary N) is 3. The second kappa shape index (κ2) is 9.30. The third-order valence-corrected chi connectivity index (χ3v) is 4.10. The van der Waals surface area contributed by atoms with Crippen LogP contribution in [-0.4, -0.2) is 24.1 Å². The summed E-state index contributed by atoms with van der Waals surface area (Å²) in [4.78, 5) is 15.6. The summed E-state index contributed by atoms with van der Waals surface area (Å²) in [5.74, 6) is 1.39. The molecule has 6 nitrogen and oxygen atoms in total. The number of anilines is 1. The summed E-state index contributed by atoms with van der Waals surface area (Å²) in [5.41, 5.74) is 2.11. The molecule has 3 N–H and O–H groups in total. The Morgan fingerprint density at radius 1 is 1.25 bits per heavy atom. The maximum absolute atomic E-state index is 11.8. The molecule has 0 aliphatic carbocycles. The highest BCUT2D eigenvalue weighted by atomic mass is 35.5. The van der Waals surface area contributed by atoms with Crippen molar-refractivity contribution in [3.63, 3.8) is 0 Å². The topological polar surface area (TPSA) is 79.2 Å². The summed E-state index contributed by atoms with van der Waals surface area (Å²) in [6.07, 6.45) is 6.51. The number of hydrogen-bond acceptors (Lipinski definition) is 4. The Balaban J connectivity index is 0.00000208. The quantitative estimate of drug-likeness (QED) is 0.774. The van der Waals surface area contributed by atoms with Crippen molar-refractivity contribution in [3.05, 3.63) is 48.2 Å². The highest BCUT2D eigenvalue weighted by Gasteiger charge is 2.13. The number of benzene rings is 1. The van der Waals surface area contributed by atoms with Crippen molar-refractivity contribution in [3.8, 4) is 0 Å². The lowest BCUT2D eigenvalue weighted by molar-refractivity contribution is 0.251. The van der Waals surface area contributed by atoms with Gasteiger partial charge < -0.3 is 20.4 Å². The van der Waals surface area contributed by atoms with Crippen LogP contribution in [0.2, 0.25) is 0 Å². The number of oxazole rings is 1. The van der Waals surface area contributed by atoms with E-state index >= 15 is 0 Å². The summed E-state index contributed by atoms with van der Waals surface area (Å²) < 4.78 is 5.06. The summed E-state index contributed by atoms with van der Waals surface area (Å²) in [6.45, 7) is 2.56. The Labute approximate surface area is 147 Å². The van der Waals surface area contributed by atoms with Crippen molar-refractivity contribution in [2.75, 3.05) is 18.4 Å².